The molecule has 0 radical (unpaired) electrons. The number of halogens is 3. The van der Waals surface area contributed by atoms with E-state index in [0.29, 0.717) is 21.9 Å². The Morgan fingerprint density at radius 1 is 1.16 bits per heavy atom. The molecule has 0 saturated carbocycles. The monoisotopic (exact) mass is 534 g/mol. The largest absolute Gasteiger partial charge is 0.497 e. The lowest BCUT2D eigenvalue weighted by Crippen LogP contribution is -2.56. The summed E-state index contributed by atoms with van der Waals surface area (Å²) in [7, 11) is 1.53. The number of fused-ring (bicyclic) bond motifs is 1. The zero-order valence-corrected chi connectivity index (χ0v) is 20.9. The van der Waals surface area contributed by atoms with Gasteiger partial charge in [0.15, 0.2) is 5.11 Å². The molecule has 12 heteroatoms. The molecule has 7 nitrogen and oxygen atoms in total. The number of thiocarbonyl (C=S) groups is 1. The van der Waals surface area contributed by atoms with Crippen LogP contribution in [-0.2, 0) is 12.8 Å². The number of aryl methyl sites for hydroxylation is 1. The van der Waals surface area contributed by atoms with E-state index in [9.17, 15) is 9.59 Å². The number of primary amides is 1. The number of anilines is 1. The molecule has 1 heterocycles. The van der Waals surface area contributed by atoms with Gasteiger partial charge in [-0.3, -0.25) is 9.59 Å². The highest BCUT2D eigenvalue weighted by molar-refractivity contribution is 7.80. The molecule has 0 saturated heterocycles. The fourth-order valence-corrected chi connectivity index (χ4v) is 5.25. The lowest BCUT2D eigenvalue weighted by Gasteiger charge is -2.27. The Balaban J connectivity index is 1.73. The van der Waals surface area contributed by atoms with Crippen LogP contribution in [0.15, 0.2) is 24.3 Å². The van der Waals surface area contributed by atoms with Crippen molar-refractivity contribution in [3.05, 3.63) is 45.8 Å². The van der Waals surface area contributed by atoms with Crippen molar-refractivity contribution in [2.24, 2.45) is 5.73 Å². The second kappa shape index (κ2) is 10.4. The molecular weight excluding hydrogens is 515 g/mol. The summed E-state index contributed by atoms with van der Waals surface area (Å²) in [6, 6.07) is 6.44. The van der Waals surface area contributed by atoms with Crippen molar-refractivity contribution in [1.29, 1.82) is 0 Å². The van der Waals surface area contributed by atoms with Crippen LogP contribution < -0.4 is 26.4 Å². The number of alkyl halides is 3. The molecule has 0 aliphatic heterocycles. The van der Waals surface area contributed by atoms with Gasteiger partial charge >= 0.3 is 0 Å². The van der Waals surface area contributed by atoms with Gasteiger partial charge in [-0.2, -0.15) is 0 Å². The number of nitrogens with one attached hydrogen (secondary N) is 3. The summed E-state index contributed by atoms with van der Waals surface area (Å²) in [5.74, 6) is -0.406. The van der Waals surface area contributed by atoms with Crippen LogP contribution in [0, 0.1) is 0 Å². The van der Waals surface area contributed by atoms with Crippen molar-refractivity contribution in [2.75, 3.05) is 12.4 Å². The van der Waals surface area contributed by atoms with Crippen LogP contribution in [-0.4, -0.2) is 34.0 Å². The van der Waals surface area contributed by atoms with Gasteiger partial charge in [-0.25, -0.2) is 0 Å². The lowest BCUT2D eigenvalue weighted by molar-refractivity contribution is 0.0933. The maximum Gasteiger partial charge on any atom is 0.252 e. The van der Waals surface area contributed by atoms with Gasteiger partial charge in [0.1, 0.15) is 16.9 Å². The van der Waals surface area contributed by atoms with Crippen LogP contribution in [0.25, 0.3) is 0 Å². The quantitative estimate of drug-likeness (QED) is 0.252. The van der Waals surface area contributed by atoms with Crippen LogP contribution in [0.4, 0.5) is 5.00 Å². The summed E-state index contributed by atoms with van der Waals surface area (Å²) in [6.07, 6.45) is 2.57. The highest BCUT2D eigenvalue weighted by Crippen LogP contribution is 2.38. The minimum Gasteiger partial charge on any atom is -0.497 e. The normalized spacial score (nSPS) is 14.1. The Labute approximate surface area is 209 Å². The maximum absolute atomic E-state index is 12.6. The predicted molar refractivity (Wildman–Crippen MR) is 133 cm³/mol. The number of benzene rings is 1. The molecule has 0 spiro atoms. The summed E-state index contributed by atoms with van der Waals surface area (Å²) >= 11 is 25.0. The predicted octanol–water partition coefficient (Wildman–Crippen LogP) is 4.15. The Kier molecular flexibility index (Phi) is 8.11. The molecule has 3 rings (SSSR count). The van der Waals surface area contributed by atoms with Crippen molar-refractivity contribution in [1.82, 2.24) is 10.6 Å². The molecule has 1 atom stereocenters. The minimum absolute atomic E-state index is 0.0671. The second-order valence-electron chi connectivity index (χ2n) is 7.05. The highest BCUT2D eigenvalue weighted by atomic mass is 35.6. The number of carbonyl (C=O) groups is 2. The molecule has 172 valence electrons. The van der Waals surface area contributed by atoms with Gasteiger partial charge in [-0.1, -0.05) is 34.8 Å². The van der Waals surface area contributed by atoms with Gasteiger partial charge in [0.25, 0.3) is 11.8 Å². The molecule has 5 N–H and O–H groups in total. The molecule has 1 aliphatic rings. The van der Waals surface area contributed by atoms with Crippen LogP contribution >= 0.6 is 58.4 Å². The number of rotatable bonds is 6. The van der Waals surface area contributed by atoms with Crippen molar-refractivity contribution in [3.8, 4) is 5.75 Å². The first-order chi connectivity index (χ1) is 15.1. The van der Waals surface area contributed by atoms with Gasteiger partial charge in [-0.05, 0) is 67.7 Å². The van der Waals surface area contributed by atoms with Gasteiger partial charge in [0.2, 0.25) is 3.79 Å². The SMILES string of the molecule is COc1ccc(C(=O)N[C@H](NC(=S)Nc2sc3c(c2C(N)=O)CCCC3)C(Cl)(Cl)Cl)cc1. The van der Waals surface area contributed by atoms with Gasteiger partial charge in [0, 0.05) is 10.4 Å². The van der Waals surface area contributed by atoms with Gasteiger partial charge < -0.3 is 26.4 Å². The standard InChI is InChI=1S/C20H21Cl3N4O3S2/c1-30-11-8-6-10(7-9-11)16(29)25-18(20(21,22)23)27-19(31)26-17-14(15(24)28)12-4-2-3-5-13(12)32-17/h6-9,18H,2-5H2,1H3,(H2,24,28)(H,25,29)(H2,26,27,31)/t18-/m1/s1. The molecular formula is C20H21Cl3N4O3S2. The van der Waals surface area contributed by atoms with Crippen LogP contribution in [0.1, 0.15) is 44.0 Å². The van der Waals surface area contributed by atoms with E-state index in [2.05, 4.69) is 16.0 Å². The summed E-state index contributed by atoms with van der Waals surface area (Å²) in [5.41, 5.74) is 7.35. The highest BCUT2D eigenvalue weighted by Gasteiger charge is 2.35. The van der Waals surface area contributed by atoms with Gasteiger partial charge in [-0.15, -0.1) is 11.3 Å². The molecule has 2 amide bonds. The van der Waals surface area contributed by atoms with E-state index in [0.717, 1.165) is 36.1 Å². The first-order valence-corrected chi connectivity index (χ1v) is 12.0. The molecule has 0 bridgehead atoms. The smallest absolute Gasteiger partial charge is 0.252 e. The van der Waals surface area contributed by atoms with E-state index >= 15 is 0 Å². The lowest BCUT2D eigenvalue weighted by atomic mass is 9.95. The zero-order valence-electron chi connectivity index (χ0n) is 17.0. The number of ether oxygens (including phenoxy) is 1. The van der Waals surface area contributed by atoms with E-state index in [1.807, 2.05) is 0 Å². The van der Waals surface area contributed by atoms with Crippen molar-refractivity contribution in [3.63, 3.8) is 0 Å². The third-order valence-corrected chi connectivity index (χ3v) is 6.96. The average molecular weight is 536 g/mol. The summed E-state index contributed by atoms with van der Waals surface area (Å²) in [4.78, 5) is 25.8. The topological polar surface area (TPSA) is 105 Å². The van der Waals surface area contributed by atoms with E-state index < -0.39 is 21.8 Å². The number of thiophene rings is 1. The molecule has 0 fully saturated rings. The third-order valence-electron chi connectivity index (χ3n) is 4.88. The van der Waals surface area contributed by atoms with E-state index in [1.54, 1.807) is 24.3 Å². The Morgan fingerprint density at radius 3 is 2.41 bits per heavy atom. The molecule has 0 unspecified atom stereocenters. The van der Waals surface area contributed by atoms with Crippen molar-refractivity contribution >= 4 is 80.3 Å². The first-order valence-electron chi connectivity index (χ1n) is 9.63. The number of carbonyl (C=O) groups excluding carboxylic acids is 2. The van der Waals surface area contributed by atoms with Crippen LogP contribution in [0.3, 0.4) is 0 Å². The Morgan fingerprint density at radius 2 is 1.81 bits per heavy atom. The maximum atomic E-state index is 12.6. The minimum atomic E-state index is -1.92. The Bertz CT molecular complexity index is 1020. The average Bonchev–Trinajstić information content (AvgIpc) is 3.10. The zero-order chi connectivity index (χ0) is 23.5. The van der Waals surface area contributed by atoms with Gasteiger partial charge in [0.05, 0.1) is 12.7 Å². The second-order valence-corrected chi connectivity index (χ2v) is 10.9. The fourth-order valence-electron chi connectivity index (χ4n) is 3.34. The number of methoxy groups -OCH3 is 1. The summed E-state index contributed by atoms with van der Waals surface area (Å²) < 4.78 is 3.16. The van der Waals surface area contributed by atoms with Crippen LogP contribution in [0.2, 0.25) is 0 Å². The Hall–Kier alpha value is -1.78. The summed E-state index contributed by atoms with van der Waals surface area (Å²) in [6.45, 7) is 0. The van der Waals surface area contributed by atoms with Crippen LogP contribution in [0.5, 0.6) is 5.75 Å². The molecule has 1 aliphatic carbocycles. The molecule has 1 aromatic heterocycles. The van der Waals surface area contributed by atoms with E-state index in [1.165, 1.54) is 18.4 Å². The molecule has 32 heavy (non-hydrogen) atoms. The van der Waals surface area contributed by atoms with Crippen molar-refractivity contribution in [2.45, 2.75) is 35.6 Å². The molecule has 1 aromatic carbocycles. The number of amides is 2. The number of hydrogen-bond acceptors (Lipinski definition) is 5. The number of nitrogens with two attached hydrogens (primary N) is 1. The van der Waals surface area contributed by atoms with Crippen molar-refractivity contribution < 1.29 is 14.3 Å². The van der Waals surface area contributed by atoms with E-state index in [4.69, 9.17) is 57.5 Å². The fraction of sp³-hybridized carbons (Fsp3) is 0.350. The summed E-state index contributed by atoms with van der Waals surface area (Å²) in [5, 5.41) is 8.98. The first kappa shape index (κ1) is 24.9. The number of hydrogen-bond donors (Lipinski definition) is 4. The molecule has 2 aromatic rings. The van der Waals surface area contributed by atoms with E-state index in [-0.39, 0.29) is 5.11 Å². The third kappa shape index (κ3) is 5.96.